The van der Waals surface area contributed by atoms with Crippen LogP contribution >= 0.6 is 0 Å². The molecular formula is C27H26F2N4O4. The van der Waals surface area contributed by atoms with Gasteiger partial charge < -0.3 is 19.7 Å². The summed E-state index contributed by atoms with van der Waals surface area (Å²) in [7, 11) is 1.61. The molecule has 8 nitrogen and oxygen atoms in total. The molecule has 2 aromatic carbocycles. The number of benzene rings is 2. The van der Waals surface area contributed by atoms with Crippen LogP contribution in [-0.2, 0) is 17.9 Å². The molecule has 4 aromatic rings. The fourth-order valence-electron chi connectivity index (χ4n) is 4.00. The van der Waals surface area contributed by atoms with Crippen molar-refractivity contribution in [3.63, 3.8) is 0 Å². The number of hydrogen-bond donors (Lipinski definition) is 2. The summed E-state index contributed by atoms with van der Waals surface area (Å²) in [6, 6.07) is 14.4. The van der Waals surface area contributed by atoms with Crippen LogP contribution in [-0.4, -0.2) is 40.3 Å². The second-order valence-electron chi connectivity index (χ2n) is 8.49. The molecule has 0 unspecified atom stereocenters. The maximum Gasteiger partial charge on any atom is 0.411 e. The minimum atomic E-state index is -1.16. The number of aromatic nitrogens is 2. The van der Waals surface area contributed by atoms with E-state index in [4.69, 9.17) is 4.74 Å². The normalized spacial score (nSPS) is 10.9. The van der Waals surface area contributed by atoms with Crippen LogP contribution in [0.3, 0.4) is 0 Å². The Bertz CT molecular complexity index is 1390. The predicted molar refractivity (Wildman–Crippen MR) is 135 cm³/mol. The molecule has 0 saturated carbocycles. The van der Waals surface area contributed by atoms with Crippen molar-refractivity contribution >= 4 is 28.7 Å². The third-order valence-electron chi connectivity index (χ3n) is 5.84. The van der Waals surface area contributed by atoms with Gasteiger partial charge in [0.2, 0.25) is 5.91 Å². The van der Waals surface area contributed by atoms with Gasteiger partial charge in [-0.05, 0) is 53.9 Å². The molecule has 2 heterocycles. The van der Waals surface area contributed by atoms with Crippen molar-refractivity contribution in [2.75, 3.05) is 18.6 Å². The number of carbonyl (C=O) groups excluding carboxylic acids is 1. The minimum Gasteiger partial charge on any atom is -0.497 e. The Kier molecular flexibility index (Phi) is 7.97. The van der Waals surface area contributed by atoms with Crippen molar-refractivity contribution in [3.05, 3.63) is 89.8 Å². The van der Waals surface area contributed by atoms with Gasteiger partial charge in [-0.15, -0.1) is 0 Å². The number of amides is 2. The van der Waals surface area contributed by atoms with Gasteiger partial charge in [0.25, 0.3) is 0 Å². The maximum atomic E-state index is 13.3. The molecule has 0 spiro atoms. The van der Waals surface area contributed by atoms with Crippen LogP contribution in [0.15, 0.2) is 67.0 Å². The number of carboxylic acid groups (broad SMARTS) is 1. The van der Waals surface area contributed by atoms with E-state index in [1.165, 1.54) is 6.20 Å². The number of pyridine rings is 1. The summed E-state index contributed by atoms with van der Waals surface area (Å²) in [4.78, 5) is 29.7. The number of carbonyl (C=O) groups is 2. The number of nitrogens with one attached hydrogen (secondary N) is 1. The Balaban J connectivity index is 1.35. The van der Waals surface area contributed by atoms with Gasteiger partial charge in [-0.3, -0.25) is 9.69 Å². The quantitative estimate of drug-likeness (QED) is 0.316. The number of rotatable bonds is 10. The van der Waals surface area contributed by atoms with E-state index in [9.17, 15) is 23.5 Å². The van der Waals surface area contributed by atoms with E-state index in [0.717, 1.165) is 45.4 Å². The predicted octanol–water partition coefficient (Wildman–Crippen LogP) is 4.95. The van der Waals surface area contributed by atoms with E-state index in [1.54, 1.807) is 13.2 Å². The molecule has 0 bridgehead atoms. The van der Waals surface area contributed by atoms with E-state index >= 15 is 0 Å². The van der Waals surface area contributed by atoms with Crippen molar-refractivity contribution in [1.29, 1.82) is 0 Å². The van der Waals surface area contributed by atoms with E-state index in [1.807, 2.05) is 41.1 Å². The first kappa shape index (κ1) is 25.6. The van der Waals surface area contributed by atoms with Crippen LogP contribution in [0.5, 0.6) is 5.75 Å². The summed E-state index contributed by atoms with van der Waals surface area (Å²) >= 11 is 0. The second kappa shape index (κ2) is 11.5. The first-order chi connectivity index (χ1) is 17.8. The zero-order valence-electron chi connectivity index (χ0n) is 20.2. The van der Waals surface area contributed by atoms with Crippen molar-refractivity contribution in [3.8, 4) is 5.75 Å². The third kappa shape index (κ3) is 6.60. The van der Waals surface area contributed by atoms with Crippen molar-refractivity contribution in [2.45, 2.75) is 25.9 Å². The molecule has 2 N–H and O–H groups in total. The molecule has 192 valence electrons. The Morgan fingerprint density at radius 3 is 2.46 bits per heavy atom. The molecule has 0 aliphatic heterocycles. The minimum absolute atomic E-state index is 0.0236. The van der Waals surface area contributed by atoms with Crippen LogP contribution in [0.2, 0.25) is 0 Å². The molecule has 0 aliphatic carbocycles. The van der Waals surface area contributed by atoms with Gasteiger partial charge in [0.15, 0.2) is 0 Å². The van der Waals surface area contributed by atoms with Gasteiger partial charge in [0.1, 0.15) is 23.0 Å². The molecule has 0 saturated heterocycles. The fraction of sp³-hybridized carbons (Fsp3) is 0.222. The van der Waals surface area contributed by atoms with Crippen molar-refractivity contribution in [2.24, 2.45) is 0 Å². The van der Waals surface area contributed by atoms with Crippen molar-refractivity contribution in [1.82, 2.24) is 14.9 Å². The van der Waals surface area contributed by atoms with Gasteiger partial charge in [-0.2, -0.15) is 0 Å². The summed E-state index contributed by atoms with van der Waals surface area (Å²) in [5.74, 6) is -1.01. The van der Waals surface area contributed by atoms with Crippen molar-refractivity contribution < 1.29 is 28.2 Å². The molecule has 4 rings (SSSR count). The van der Waals surface area contributed by atoms with E-state index < -0.39 is 17.7 Å². The second-order valence-corrected chi connectivity index (χ2v) is 8.49. The van der Waals surface area contributed by atoms with E-state index in [-0.39, 0.29) is 31.8 Å². The lowest BCUT2D eigenvalue weighted by molar-refractivity contribution is -0.121. The van der Waals surface area contributed by atoms with Gasteiger partial charge in [0, 0.05) is 43.7 Å². The number of halogens is 2. The highest BCUT2D eigenvalue weighted by Gasteiger charge is 2.17. The maximum absolute atomic E-state index is 13.3. The van der Waals surface area contributed by atoms with Crippen LogP contribution in [0.4, 0.5) is 19.3 Å². The lowest BCUT2D eigenvalue weighted by Gasteiger charge is -2.19. The van der Waals surface area contributed by atoms with Crippen LogP contribution < -0.4 is 15.0 Å². The standard InChI is InChI=1S/C27H26F2N4O4/c1-37-24-6-4-18(5-7-24)17-32-10-8-20-13-23(16-31-26(20)32)33(27(35)36)9-2-3-25(34)30-15-19-11-21(28)14-22(29)12-19/h4-8,10-14,16H,2-3,9,15,17H2,1H3,(H,30,34)(H,35,36). The largest absolute Gasteiger partial charge is 0.497 e. The summed E-state index contributed by atoms with van der Waals surface area (Å²) in [5, 5.41) is 13.1. The molecule has 37 heavy (non-hydrogen) atoms. The summed E-state index contributed by atoms with van der Waals surface area (Å²) in [6.07, 6.45) is 2.54. The topological polar surface area (TPSA) is 96.7 Å². The fourth-order valence-corrected chi connectivity index (χ4v) is 4.00. The smallest absolute Gasteiger partial charge is 0.411 e. The van der Waals surface area contributed by atoms with Crippen LogP contribution in [0.25, 0.3) is 11.0 Å². The highest BCUT2D eigenvalue weighted by molar-refractivity contribution is 5.89. The van der Waals surface area contributed by atoms with Crippen LogP contribution in [0.1, 0.15) is 24.0 Å². The Hall–Kier alpha value is -4.47. The zero-order chi connectivity index (χ0) is 26.4. The summed E-state index contributed by atoms with van der Waals surface area (Å²) < 4.78 is 33.7. The molecule has 0 atom stereocenters. The molecule has 10 heteroatoms. The number of hydrogen-bond acceptors (Lipinski definition) is 4. The Morgan fingerprint density at radius 2 is 1.78 bits per heavy atom. The summed E-state index contributed by atoms with van der Waals surface area (Å²) in [6.45, 7) is 0.654. The Labute approximate surface area is 212 Å². The first-order valence-corrected chi connectivity index (χ1v) is 11.6. The highest BCUT2D eigenvalue weighted by atomic mass is 19.1. The molecule has 2 amide bonds. The third-order valence-corrected chi connectivity index (χ3v) is 5.84. The number of anilines is 1. The summed E-state index contributed by atoms with van der Waals surface area (Å²) in [5.41, 5.74) is 2.49. The molecule has 0 aliphatic rings. The molecular weight excluding hydrogens is 482 g/mol. The highest BCUT2D eigenvalue weighted by Crippen LogP contribution is 2.23. The number of fused-ring (bicyclic) bond motifs is 1. The lowest BCUT2D eigenvalue weighted by atomic mass is 10.2. The van der Waals surface area contributed by atoms with Gasteiger partial charge in [-0.1, -0.05) is 12.1 Å². The first-order valence-electron chi connectivity index (χ1n) is 11.6. The number of methoxy groups -OCH3 is 1. The van der Waals surface area contributed by atoms with E-state index in [0.29, 0.717) is 17.8 Å². The molecule has 2 aromatic heterocycles. The molecule has 0 radical (unpaired) electrons. The SMILES string of the molecule is COc1ccc(Cn2ccc3cc(N(CCCC(=O)NCc4cc(F)cc(F)c4)C(=O)O)cnc32)cc1. The average molecular weight is 509 g/mol. The van der Waals surface area contributed by atoms with Gasteiger partial charge >= 0.3 is 6.09 Å². The monoisotopic (exact) mass is 508 g/mol. The van der Waals surface area contributed by atoms with Gasteiger partial charge in [0.05, 0.1) is 19.0 Å². The van der Waals surface area contributed by atoms with Crippen LogP contribution in [0, 0.1) is 11.6 Å². The lowest BCUT2D eigenvalue weighted by Crippen LogP contribution is -2.31. The zero-order valence-corrected chi connectivity index (χ0v) is 20.2. The van der Waals surface area contributed by atoms with Gasteiger partial charge in [-0.25, -0.2) is 18.6 Å². The van der Waals surface area contributed by atoms with E-state index in [2.05, 4.69) is 10.3 Å². The number of ether oxygens (including phenoxy) is 1. The average Bonchev–Trinajstić information content (AvgIpc) is 3.27. The number of nitrogens with zero attached hydrogens (tertiary/aromatic N) is 3. The molecule has 0 fully saturated rings. The Morgan fingerprint density at radius 1 is 1.05 bits per heavy atom.